The van der Waals surface area contributed by atoms with Gasteiger partial charge in [-0.1, -0.05) is 38.5 Å². The zero-order chi connectivity index (χ0) is 21.7. The number of carbonyl (C=O) groups is 3. The molecule has 3 aliphatic rings. The fourth-order valence-electron chi connectivity index (χ4n) is 5.74. The molecule has 0 bridgehead atoms. The Labute approximate surface area is 173 Å². The fraction of sp³-hybridized carbons (Fsp3) is 0.708. The number of Topliss-reactive ketones (excluding diaryl/α,β-unsaturated/α-hetero) is 1. The standard InChI is InChI=1S/C24H34O5/c1-13-8-9-18-19(23(18,6)7)11-14(2)22(27)24(29-17(5)26)12-15(3)21(20(24)10-13)28-16(4)25/h10-11,15,18-21H,8-9,12H2,1-7H3/b13-10-,14-11-/t15-,18-,19+,20-,21-,24+/m0/s1. The Bertz CT molecular complexity index is 789. The lowest BCUT2D eigenvalue weighted by atomic mass is 9.81. The molecule has 3 aliphatic carbocycles. The van der Waals surface area contributed by atoms with Crippen molar-refractivity contribution in [2.24, 2.45) is 29.1 Å². The summed E-state index contributed by atoms with van der Waals surface area (Å²) < 4.78 is 11.5. The van der Waals surface area contributed by atoms with Crippen molar-refractivity contribution in [3.8, 4) is 0 Å². The molecule has 0 aromatic heterocycles. The normalized spacial score (nSPS) is 42.2. The van der Waals surface area contributed by atoms with Crippen molar-refractivity contribution in [1.29, 1.82) is 0 Å². The molecule has 0 aromatic carbocycles. The first-order chi connectivity index (χ1) is 13.4. The van der Waals surface area contributed by atoms with Gasteiger partial charge in [-0.05, 0) is 55.4 Å². The first kappa shape index (κ1) is 21.8. The van der Waals surface area contributed by atoms with E-state index in [-0.39, 0.29) is 23.1 Å². The maximum absolute atomic E-state index is 13.8. The lowest BCUT2D eigenvalue weighted by Gasteiger charge is -2.34. The Hall–Kier alpha value is -1.91. The van der Waals surface area contributed by atoms with Crippen molar-refractivity contribution in [3.05, 3.63) is 23.3 Å². The minimum atomic E-state index is -1.33. The zero-order valence-corrected chi connectivity index (χ0v) is 18.7. The first-order valence-corrected chi connectivity index (χ1v) is 10.7. The van der Waals surface area contributed by atoms with Crippen molar-refractivity contribution in [3.63, 3.8) is 0 Å². The van der Waals surface area contributed by atoms with Crippen LogP contribution in [-0.2, 0) is 23.9 Å². The predicted molar refractivity (Wildman–Crippen MR) is 110 cm³/mol. The van der Waals surface area contributed by atoms with Crippen LogP contribution in [-0.4, -0.2) is 29.4 Å². The van der Waals surface area contributed by atoms with Gasteiger partial charge in [0.05, 0.1) is 5.92 Å². The maximum atomic E-state index is 13.8. The molecular formula is C24H34O5. The van der Waals surface area contributed by atoms with Crippen LogP contribution in [0.3, 0.4) is 0 Å². The molecule has 160 valence electrons. The molecule has 0 heterocycles. The molecule has 0 unspecified atom stereocenters. The van der Waals surface area contributed by atoms with E-state index < -0.39 is 23.6 Å². The minimum absolute atomic E-state index is 0.0999. The van der Waals surface area contributed by atoms with Crippen LogP contribution in [0.1, 0.15) is 67.7 Å². The maximum Gasteiger partial charge on any atom is 0.303 e. The van der Waals surface area contributed by atoms with E-state index in [1.54, 1.807) is 0 Å². The van der Waals surface area contributed by atoms with Gasteiger partial charge in [0.15, 0.2) is 5.60 Å². The van der Waals surface area contributed by atoms with E-state index in [9.17, 15) is 14.4 Å². The van der Waals surface area contributed by atoms with Crippen molar-refractivity contribution in [2.45, 2.75) is 79.4 Å². The average Bonchev–Trinajstić information content (AvgIpc) is 3.01. The fourth-order valence-corrected chi connectivity index (χ4v) is 5.74. The third-order valence-corrected chi connectivity index (χ3v) is 7.33. The van der Waals surface area contributed by atoms with Gasteiger partial charge in [0.2, 0.25) is 5.78 Å². The highest BCUT2D eigenvalue weighted by Crippen LogP contribution is 2.62. The summed E-state index contributed by atoms with van der Waals surface area (Å²) >= 11 is 0. The molecule has 0 aliphatic heterocycles. The number of rotatable bonds is 2. The number of esters is 2. The smallest absolute Gasteiger partial charge is 0.303 e. The molecule has 0 amide bonds. The van der Waals surface area contributed by atoms with E-state index in [4.69, 9.17) is 9.47 Å². The molecule has 0 spiro atoms. The van der Waals surface area contributed by atoms with Gasteiger partial charge in [-0.2, -0.15) is 0 Å². The van der Waals surface area contributed by atoms with Crippen LogP contribution < -0.4 is 0 Å². The molecular weight excluding hydrogens is 368 g/mol. The quantitative estimate of drug-likeness (QED) is 0.506. The summed E-state index contributed by atoms with van der Waals surface area (Å²) in [5, 5.41) is 0. The van der Waals surface area contributed by atoms with Gasteiger partial charge in [-0.3, -0.25) is 14.4 Å². The molecule has 6 atom stereocenters. The summed E-state index contributed by atoms with van der Waals surface area (Å²) in [6.07, 6.45) is 5.94. The van der Waals surface area contributed by atoms with Crippen LogP contribution in [0.2, 0.25) is 0 Å². The van der Waals surface area contributed by atoms with Gasteiger partial charge in [-0.15, -0.1) is 0 Å². The minimum Gasteiger partial charge on any atom is -0.461 e. The summed E-state index contributed by atoms with van der Waals surface area (Å²) in [5.74, 6) is -0.721. The van der Waals surface area contributed by atoms with Gasteiger partial charge >= 0.3 is 11.9 Å². The molecule has 0 N–H and O–H groups in total. The summed E-state index contributed by atoms with van der Waals surface area (Å²) in [6, 6.07) is 0. The third-order valence-electron chi connectivity index (χ3n) is 7.33. The van der Waals surface area contributed by atoms with Crippen LogP contribution in [0, 0.1) is 29.1 Å². The Balaban J connectivity index is 2.13. The Morgan fingerprint density at radius 3 is 2.31 bits per heavy atom. The highest BCUT2D eigenvalue weighted by molar-refractivity contribution is 6.03. The molecule has 2 fully saturated rings. The highest BCUT2D eigenvalue weighted by Gasteiger charge is 2.61. The van der Waals surface area contributed by atoms with Crippen LogP contribution >= 0.6 is 0 Å². The van der Waals surface area contributed by atoms with E-state index in [0.717, 1.165) is 18.4 Å². The van der Waals surface area contributed by atoms with Crippen molar-refractivity contribution in [1.82, 2.24) is 0 Å². The zero-order valence-electron chi connectivity index (χ0n) is 18.7. The predicted octanol–water partition coefficient (Wildman–Crippen LogP) is 4.40. The number of ketones is 1. The van der Waals surface area contributed by atoms with Crippen molar-refractivity contribution < 1.29 is 23.9 Å². The number of carbonyl (C=O) groups excluding carboxylic acids is 3. The number of ether oxygens (including phenoxy) is 2. The highest BCUT2D eigenvalue weighted by atomic mass is 16.6. The molecule has 29 heavy (non-hydrogen) atoms. The van der Waals surface area contributed by atoms with Crippen LogP contribution in [0.5, 0.6) is 0 Å². The molecule has 0 radical (unpaired) electrons. The van der Waals surface area contributed by atoms with E-state index in [1.807, 2.05) is 19.9 Å². The molecule has 5 nitrogen and oxygen atoms in total. The summed E-state index contributed by atoms with van der Waals surface area (Å²) in [5.41, 5.74) is 0.636. The van der Waals surface area contributed by atoms with Gasteiger partial charge in [0.25, 0.3) is 0 Å². The van der Waals surface area contributed by atoms with Crippen LogP contribution in [0.15, 0.2) is 23.3 Å². The molecule has 3 rings (SSSR count). The van der Waals surface area contributed by atoms with Gasteiger partial charge in [-0.25, -0.2) is 0 Å². The SMILES string of the molecule is CC(=O)O[C@H]1[C@@H](C)C[C@]2(OC(C)=O)C(=O)/C(C)=C\[C@@H]3[C@H](CC/C(C)=C\[C@@H]12)C3(C)C. The second kappa shape index (κ2) is 7.41. The van der Waals surface area contributed by atoms with Crippen molar-refractivity contribution in [2.75, 3.05) is 0 Å². The molecule has 0 saturated heterocycles. The number of hydrogen-bond donors (Lipinski definition) is 0. The van der Waals surface area contributed by atoms with Crippen LogP contribution in [0.4, 0.5) is 0 Å². The second-order valence-corrected chi connectivity index (χ2v) is 9.95. The lowest BCUT2D eigenvalue weighted by molar-refractivity contribution is -0.169. The van der Waals surface area contributed by atoms with E-state index >= 15 is 0 Å². The molecule has 0 aromatic rings. The number of fused-ring (bicyclic) bond motifs is 2. The van der Waals surface area contributed by atoms with E-state index in [1.165, 1.54) is 13.8 Å². The second-order valence-electron chi connectivity index (χ2n) is 9.95. The first-order valence-electron chi connectivity index (χ1n) is 10.7. The largest absolute Gasteiger partial charge is 0.461 e. The molecule has 5 heteroatoms. The Morgan fingerprint density at radius 1 is 1.07 bits per heavy atom. The van der Waals surface area contributed by atoms with E-state index in [2.05, 4.69) is 26.8 Å². The summed E-state index contributed by atoms with van der Waals surface area (Å²) in [4.78, 5) is 37.6. The topological polar surface area (TPSA) is 69.7 Å². The van der Waals surface area contributed by atoms with Gasteiger partial charge < -0.3 is 9.47 Å². The van der Waals surface area contributed by atoms with Gasteiger partial charge in [0, 0.05) is 20.3 Å². The van der Waals surface area contributed by atoms with E-state index in [0.29, 0.717) is 23.8 Å². The Morgan fingerprint density at radius 2 is 1.72 bits per heavy atom. The van der Waals surface area contributed by atoms with Gasteiger partial charge in [0.1, 0.15) is 6.10 Å². The van der Waals surface area contributed by atoms with Crippen LogP contribution in [0.25, 0.3) is 0 Å². The summed E-state index contributed by atoms with van der Waals surface area (Å²) in [6.45, 7) is 13.1. The monoisotopic (exact) mass is 402 g/mol. The Kier molecular flexibility index (Phi) is 5.57. The van der Waals surface area contributed by atoms with Crippen molar-refractivity contribution >= 4 is 17.7 Å². The summed E-state index contributed by atoms with van der Waals surface area (Å²) in [7, 11) is 0. The number of allylic oxidation sites excluding steroid dienone is 2. The number of hydrogen-bond acceptors (Lipinski definition) is 5. The average molecular weight is 403 g/mol. The lowest BCUT2D eigenvalue weighted by Crippen LogP contribution is -2.48. The third kappa shape index (κ3) is 3.80. The molecule has 2 saturated carbocycles.